The van der Waals surface area contributed by atoms with E-state index in [1.807, 2.05) is 48.7 Å². The Hall–Kier alpha value is -7.25. The number of fused-ring (bicyclic) bond motifs is 9. The Morgan fingerprint density at radius 3 is 2.04 bits per heavy atom. The van der Waals surface area contributed by atoms with Crippen molar-refractivity contribution >= 4 is 65.9 Å². The van der Waals surface area contributed by atoms with Crippen molar-refractivity contribution in [3.63, 3.8) is 0 Å². The summed E-state index contributed by atoms with van der Waals surface area (Å²) in [7, 11) is 0. The summed E-state index contributed by atoms with van der Waals surface area (Å²) in [5, 5.41) is 4.07. The smallest absolute Gasteiger partial charge is 0.216 e. The number of benzene rings is 7. The van der Waals surface area contributed by atoms with E-state index in [-0.39, 0.29) is 53.7 Å². The predicted molar refractivity (Wildman–Crippen MR) is 320 cm³/mol. The van der Waals surface area contributed by atoms with Crippen LogP contribution in [0.25, 0.3) is 105 Å². The van der Waals surface area contributed by atoms with Crippen LogP contribution in [0.2, 0.25) is 0 Å². The van der Waals surface area contributed by atoms with E-state index in [0.717, 1.165) is 61.7 Å². The number of furan rings is 1. The third-order valence-corrected chi connectivity index (χ3v) is 14.5. The standard InChI is InChI=1S/C55H53N4O2.C15H16N.Ir/c1-30(2)39-27-37(34-15-13-12-14-16-34)28-40(31(3)4)48(39)59-49-41-25-33(29-54(6,7)8)18-19-35(41)20-23-43(49)56-51(59)38-22-17-32(5)45-42-26-36-21-24-44-47(58-53(60-44)55(9,10)11)46(36)57-52(42)61-50(38)45;1-15(2,3)13-9-10-16-14(11-13)12-7-5-4-6-8-12;/h12-21,23-28,30-31H,29H2,1-11H3;4-7,9-11H,1-3H3;/q2*-1;/i5D3;;. The zero-order valence-electron chi connectivity index (χ0n) is 50.0. The molecule has 0 atom stereocenters. The van der Waals surface area contributed by atoms with Gasteiger partial charge >= 0.3 is 0 Å². The molecule has 12 aromatic rings. The molecule has 78 heavy (non-hydrogen) atoms. The first kappa shape index (κ1) is 50.3. The van der Waals surface area contributed by atoms with Crippen molar-refractivity contribution in [1.82, 2.24) is 24.5 Å². The van der Waals surface area contributed by atoms with Gasteiger partial charge in [0, 0.05) is 57.7 Å². The Balaban J connectivity index is 0.000000373. The molecule has 0 aliphatic heterocycles. The van der Waals surface area contributed by atoms with Crippen LogP contribution < -0.4 is 0 Å². The van der Waals surface area contributed by atoms with Gasteiger partial charge in [-0.3, -0.25) is 4.98 Å². The molecule has 0 saturated heterocycles. The summed E-state index contributed by atoms with van der Waals surface area (Å²) in [6.07, 6.45) is 2.78. The number of aryl methyl sites for hydroxylation is 1. The minimum Gasteiger partial charge on any atom is -0.486 e. The average Bonchev–Trinajstić information content (AvgIpc) is 4.37. The number of hydrogen-bond donors (Lipinski definition) is 0. The molecule has 0 unspecified atom stereocenters. The van der Waals surface area contributed by atoms with Crippen molar-refractivity contribution in [2.45, 2.75) is 126 Å². The van der Waals surface area contributed by atoms with E-state index in [1.165, 1.54) is 22.3 Å². The van der Waals surface area contributed by atoms with Crippen LogP contribution >= 0.6 is 0 Å². The molecule has 0 bridgehead atoms. The number of imidazole rings is 1. The molecule has 0 spiro atoms. The van der Waals surface area contributed by atoms with Crippen LogP contribution in [0.4, 0.5) is 0 Å². The number of oxazole rings is 1. The second-order valence-electron chi connectivity index (χ2n) is 24.6. The van der Waals surface area contributed by atoms with Gasteiger partial charge in [0.15, 0.2) is 5.58 Å². The second kappa shape index (κ2) is 20.5. The van der Waals surface area contributed by atoms with E-state index < -0.39 is 6.85 Å². The Kier molecular flexibility index (Phi) is 13.2. The molecule has 0 aliphatic rings. The predicted octanol–water partition coefficient (Wildman–Crippen LogP) is 19.2. The van der Waals surface area contributed by atoms with Crippen molar-refractivity contribution in [2.24, 2.45) is 5.41 Å². The second-order valence-corrected chi connectivity index (χ2v) is 24.6. The molecule has 0 fully saturated rings. The van der Waals surface area contributed by atoms with Gasteiger partial charge in [0.25, 0.3) is 0 Å². The van der Waals surface area contributed by atoms with Gasteiger partial charge in [-0.05, 0) is 122 Å². The first-order valence-corrected chi connectivity index (χ1v) is 27.0. The summed E-state index contributed by atoms with van der Waals surface area (Å²) in [6.45, 7) is 26.1. The number of aromatic nitrogens is 5. The van der Waals surface area contributed by atoms with Crippen molar-refractivity contribution in [3.8, 4) is 39.5 Å². The maximum Gasteiger partial charge on any atom is 0.216 e. The molecule has 397 valence electrons. The molecule has 1 radical (unpaired) electrons. The van der Waals surface area contributed by atoms with E-state index in [9.17, 15) is 0 Å². The SMILES string of the molecule is CC(C)(C)c1ccnc(-c2[c-]cccc2)c1.[2H]C([2H])([2H])c1c[c-]c(-c2nc3ccc4ccc(CC(C)(C)C)cc4c3n2-c2c(C(C)C)cc(-c3ccccc3)cc2C(C)C)c2oc3nc4c(ccc5oc(C(C)(C)C)nc54)cc3c12.[Ir]. The first-order chi connectivity index (χ1) is 37.8. The summed E-state index contributed by atoms with van der Waals surface area (Å²) in [6, 6.07) is 52.5. The van der Waals surface area contributed by atoms with Gasteiger partial charge in [-0.1, -0.05) is 162 Å². The third-order valence-electron chi connectivity index (χ3n) is 14.5. The van der Waals surface area contributed by atoms with Crippen molar-refractivity contribution in [3.05, 3.63) is 185 Å². The van der Waals surface area contributed by atoms with Gasteiger partial charge in [0.1, 0.15) is 11.0 Å². The van der Waals surface area contributed by atoms with Crippen LogP contribution in [0.15, 0.2) is 148 Å². The summed E-state index contributed by atoms with van der Waals surface area (Å²) in [5.41, 5.74) is 15.3. The van der Waals surface area contributed by atoms with Crippen molar-refractivity contribution in [2.75, 3.05) is 0 Å². The van der Waals surface area contributed by atoms with Gasteiger partial charge < -0.3 is 18.4 Å². The normalized spacial score (nSPS) is 13.1. The largest absolute Gasteiger partial charge is 0.486 e. The van der Waals surface area contributed by atoms with Crippen LogP contribution in [-0.4, -0.2) is 24.5 Å². The van der Waals surface area contributed by atoms with E-state index in [4.69, 9.17) is 27.9 Å². The molecule has 8 heteroatoms. The van der Waals surface area contributed by atoms with Crippen molar-refractivity contribution in [1.29, 1.82) is 0 Å². The Labute approximate surface area is 477 Å². The minimum absolute atomic E-state index is 0. The van der Waals surface area contributed by atoms with E-state index >= 15 is 0 Å². The minimum atomic E-state index is -2.47. The fraction of sp³-hybridized carbons (Fsp3) is 0.286. The molecule has 0 amide bonds. The monoisotopic (exact) mass is 1210 g/mol. The molecule has 5 aromatic heterocycles. The Morgan fingerprint density at radius 1 is 0.654 bits per heavy atom. The van der Waals surface area contributed by atoms with Crippen LogP contribution in [0.3, 0.4) is 0 Å². The molecule has 0 aliphatic carbocycles. The van der Waals surface area contributed by atoms with Gasteiger partial charge in [0.05, 0.1) is 22.4 Å². The molecule has 5 heterocycles. The van der Waals surface area contributed by atoms with E-state index in [0.29, 0.717) is 56.0 Å². The molecule has 7 aromatic carbocycles. The maximum absolute atomic E-state index is 8.76. The van der Waals surface area contributed by atoms with Gasteiger partial charge in [-0.2, -0.15) is 0 Å². The Morgan fingerprint density at radius 2 is 1.37 bits per heavy atom. The number of nitrogens with zero attached hydrogens (tertiary/aromatic N) is 5. The zero-order valence-corrected chi connectivity index (χ0v) is 49.4. The van der Waals surface area contributed by atoms with Crippen LogP contribution in [0.5, 0.6) is 0 Å². The Bertz CT molecular complexity index is 4290. The summed E-state index contributed by atoms with van der Waals surface area (Å²) >= 11 is 0. The summed E-state index contributed by atoms with van der Waals surface area (Å²) in [5.74, 6) is 1.48. The zero-order chi connectivity index (χ0) is 56.8. The maximum atomic E-state index is 8.76. The number of rotatable bonds is 7. The van der Waals surface area contributed by atoms with Gasteiger partial charge in [-0.15, -0.1) is 53.6 Å². The number of pyridine rings is 2. The molecular weight excluding hydrogens is 1140 g/mol. The third kappa shape index (κ3) is 10.2. The first-order valence-electron chi connectivity index (χ1n) is 28.5. The van der Waals surface area contributed by atoms with Crippen LogP contribution in [-0.2, 0) is 37.4 Å². The molecule has 7 nitrogen and oxygen atoms in total. The van der Waals surface area contributed by atoms with E-state index in [2.05, 4.69) is 197 Å². The average molecular weight is 1210 g/mol. The van der Waals surface area contributed by atoms with Crippen LogP contribution in [0.1, 0.15) is 140 Å². The van der Waals surface area contributed by atoms with Gasteiger partial charge in [-0.25, -0.2) is 9.97 Å². The quantitative estimate of drug-likeness (QED) is 0.148. The van der Waals surface area contributed by atoms with Crippen molar-refractivity contribution < 1.29 is 33.1 Å². The fourth-order valence-electron chi connectivity index (χ4n) is 10.6. The summed E-state index contributed by atoms with van der Waals surface area (Å²) < 4.78 is 41.7. The van der Waals surface area contributed by atoms with E-state index in [1.54, 1.807) is 6.07 Å². The molecule has 0 N–H and O–H groups in total. The van der Waals surface area contributed by atoms with Crippen LogP contribution in [0, 0.1) is 24.4 Å². The molecule has 0 saturated carbocycles. The molecular formula is C70H69IrN5O2-2. The fourth-order valence-corrected chi connectivity index (χ4v) is 10.6. The summed E-state index contributed by atoms with van der Waals surface area (Å²) in [4.78, 5) is 19.9. The van der Waals surface area contributed by atoms with Gasteiger partial charge in [0.2, 0.25) is 11.6 Å². The topological polar surface area (TPSA) is 82.8 Å². The number of hydrogen-bond acceptors (Lipinski definition) is 6. The molecule has 12 rings (SSSR count).